The summed E-state index contributed by atoms with van der Waals surface area (Å²) in [5, 5.41) is 5.00. The Hall–Kier alpha value is -1.86. The Kier molecular flexibility index (Phi) is 5.20. The van der Waals surface area contributed by atoms with Crippen LogP contribution in [0.15, 0.2) is 23.4 Å². The quantitative estimate of drug-likeness (QED) is 0.470. The Balaban J connectivity index is 1.96. The highest BCUT2D eigenvalue weighted by Crippen LogP contribution is 2.26. The van der Waals surface area contributed by atoms with E-state index in [0.717, 1.165) is 19.3 Å². The predicted octanol–water partition coefficient (Wildman–Crippen LogP) is 2.98. The van der Waals surface area contributed by atoms with Gasteiger partial charge in [0.15, 0.2) is 5.78 Å². The fraction of sp³-hybridized carbons (Fsp3) is 0.471. The first-order valence-corrected chi connectivity index (χ1v) is 9.27. The van der Waals surface area contributed by atoms with E-state index in [2.05, 4.69) is 5.10 Å². The number of esters is 1. The minimum absolute atomic E-state index is 0.0320. The highest BCUT2D eigenvalue weighted by molar-refractivity contribution is 7.98. The summed E-state index contributed by atoms with van der Waals surface area (Å²) in [5.41, 5.74) is 1.62. The number of pyridine rings is 1. The van der Waals surface area contributed by atoms with Crippen molar-refractivity contribution in [3.05, 3.63) is 29.5 Å². The minimum atomic E-state index is -0.397. The monoisotopic (exact) mass is 348 g/mol. The lowest BCUT2D eigenvalue weighted by Crippen LogP contribution is -2.28. The van der Waals surface area contributed by atoms with Crippen molar-refractivity contribution in [2.75, 3.05) is 19.5 Å². The zero-order valence-electron chi connectivity index (χ0n) is 13.8. The van der Waals surface area contributed by atoms with Crippen molar-refractivity contribution in [2.24, 2.45) is 0 Å². The first kappa shape index (κ1) is 17.0. The van der Waals surface area contributed by atoms with Crippen LogP contribution in [0.5, 0.6) is 0 Å². The molecule has 1 aliphatic heterocycles. The Labute approximate surface area is 144 Å². The molecule has 0 amide bonds. The molecule has 0 saturated carbocycles. The van der Waals surface area contributed by atoms with Gasteiger partial charge in [-0.05, 0) is 44.6 Å². The second-order valence-electron chi connectivity index (χ2n) is 5.57. The van der Waals surface area contributed by atoms with Gasteiger partial charge in [0.25, 0.3) is 0 Å². The molecule has 1 unspecified atom stereocenters. The van der Waals surface area contributed by atoms with E-state index >= 15 is 0 Å². The summed E-state index contributed by atoms with van der Waals surface area (Å²) >= 11 is 1.38. The van der Waals surface area contributed by atoms with Crippen molar-refractivity contribution in [2.45, 2.75) is 37.3 Å². The third kappa shape index (κ3) is 3.18. The summed E-state index contributed by atoms with van der Waals surface area (Å²) in [5.74, 6) is -0.429. The highest BCUT2D eigenvalue weighted by Gasteiger charge is 2.25. The molecule has 0 bridgehead atoms. The van der Waals surface area contributed by atoms with Gasteiger partial charge < -0.3 is 9.47 Å². The molecule has 128 valence electrons. The van der Waals surface area contributed by atoms with Gasteiger partial charge in [-0.1, -0.05) is 0 Å². The van der Waals surface area contributed by atoms with Crippen molar-refractivity contribution in [1.82, 2.24) is 9.61 Å². The van der Waals surface area contributed by atoms with Gasteiger partial charge in [0, 0.05) is 18.4 Å². The lowest BCUT2D eigenvalue weighted by atomic mass is 10.0. The molecule has 3 heterocycles. The largest absolute Gasteiger partial charge is 0.462 e. The topological polar surface area (TPSA) is 69.9 Å². The number of aromatic nitrogens is 2. The van der Waals surface area contributed by atoms with Crippen LogP contribution in [0.4, 0.5) is 0 Å². The molecule has 0 radical (unpaired) electrons. The maximum Gasteiger partial charge on any atom is 0.343 e. The zero-order valence-corrected chi connectivity index (χ0v) is 14.6. The number of nitrogens with zero attached hydrogens (tertiary/aromatic N) is 2. The molecule has 1 atom stereocenters. The number of ether oxygens (including phenoxy) is 2. The smallest absolute Gasteiger partial charge is 0.343 e. The third-order valence-corrected chi connectivity index (χ3v) is 4.70. The van der Waals surface area contributed by atoms with Gasteiger partial charge in [-0.3, -0.25) is 4.79 Å². The van der Waals surface area contributed by atoms with Gasteiger partial charge in [0.2, 0.25) is 0 Å². The van der Waals surface area contributed by atoms with Gasteiger partial charge >= 0.3 is 5.97 Å². The number of fused-ring (bicyclic) bond motifs is 1. The molecule has 0 spiro atoms. The van der Waals surface area contributed by atoms with Crippen molar-refractivity contribution in [3.63, 3.8) is 0 Å². The van der Waals surface area contributed by atoms with Crippen molar-refractivity contribution in [1.29, 1.82) is 0 Å². The summed E-state index contributed by atoms with van der Waals surface area (Å²) in [7, 11) is 0. The molecule has 6 nitrogen and oxygen atoms in total. The number of hydrogen-bond acceptors (Lipinski definition) is 6. The molecule has 24 heavy (non-hydrogen) atoms. The Morgan fingerprint density at radius 3 is 2.92 bits per heavy atom. The van der Waals surface area contributed by atoms with E-state index in [9.17, 15) is 9.59 Å². The molecule has 0 aromatic carbocycles. The Morgan fingerprint density at radius 2 is 2.25 bits per heavy atom. The maximum absolute atomic E-state index is 12.6. The van der Waals surface area contributed by atoms with Crippen LogP contribution in [0.25, 0.3) is 5.52 Å². The standard InChI is InChI=1S/C17H20N2O4S/c1-3-22-17(21)14-12-8-7-11(10-19(12)18-16(14)24-2)15(20)13-6-4-5-9-23-13/h7-8,10,13H,3-6,9H2,1-2H3. The molecule has 0 N–H and O–H groups in total. The fourth-order valence-corrected chi connectivity index (χ4v) is 3.41. The lowest BCUT2D eigenvalue weighted by molar-refractivity contribution is 0.0186. The number of carbonyl (C=O) groups is 2. The first-order chi connectivity index (χ1) is 11.7. The number of Topliss-reactive ketones (excluding diaryl/α,β-unsaturated/α-hetero) is 1. The normalized spacial score (nSPS) is 17.8. The van der Waals surface area contributed by atoms with Gasteiger partial charge in [0.1, 0.15) is 16.7 Å². The highest BCUT2D eigenvalue weighted by atomic mass is 32.2. The molecule has 2 aromatic rings. The second kappa shape index (κ2) is 7.36. The zero-order chi connectivity index (χ0) is 17.1. The summed E-state index contributed by atoms with van der Waals surface area (Å²) < 4.78 is 12.3. The van der Waals surface area contributed by atoms with E-state index in [4.69, 9.17) is 9.47 Å². The molecule has 1 fully saturated rings. The second-order valence-corrected chi connectivity index (χ2v) is 6.37. The van der Waals surface area contributed by atoms with Gasteiger partial charge in [0.05, 0.1) is 12.1 Å². The first-order valence-electron chi connectivity index (χ1n) is 8.05. The third-order valence-electron chi connectivity index (χ3n) is 4.03. The van der Waals surface area contributed by atoms with E-state index in [1.807, 2.05) is 6.26 Å². The molecule has 0 aliphatic carbocycles. The average molecular weight is 348 g/mol. The molecular formula is C17H20N2O4S. The van der Waals surface area contributed by atoms with Crippen LogP contribution >= 0.6 is 11.8 Å². The summed E-state index contributed by atoms with van der Waals surface area (Å²) in [6.45, 7) is 2.70. The Morgan fingerprint density at radius 1 is 1.42 bits per heavy atom. The van der Waals surface area contributed by atoms with Crippen LogP contribution in [0.1, 0.15) is 46.9 Å². The summed E-state index contributed by atoms with van der Waals surface area (Å²) in [4.78, 5) is 24.8. The number of carbonyl (C=O) groups excluding carboxylic acids is 2. The molecule has 3 rings (SSSR count). The van der Waals surface area contributed by atoms with Gasteiger partial charge in [-0.2, -0.15) is 5.10 Å². The molecule has 1 saturated heterocycles. The fourth-order valence-electron chi connectivity index (χ4n) is 2.84. The summed E-state index contributed by atoms with van der Waals surface area (Å²) in [6, 6.07) is 3.47. The predicted molar refractivity (Wildman–Crippen MR) is 90.9 cm³/mol. The van der Waals surface area contributed by atoms with Crippen molar-refractivity contribution >= 4 is 29.0 Å². The molecule has 1 aliphatic rings. The average Bonchev–Trinajstić information content (AvgIpc) is 2.99. The van der Waals surface area contributed by atoms with E-state index in [0.29, 0.717) is 34.9 Å². The van der Waals surface area contributed by atoms with Crippen LogP contribution < -0.4 is 0 Å². The van der Waals surface area contributed by atoms with Gasteiger partial charge in [-0.25, -0.2) is 9.31 Å². The van der Waals surface area contributed by atoms with Gasteiger partial charge in [-0.15, -0.1) is 11.8 Å². The molecular weight excluding hydrogens is 328 g/mol. The molecule has 2 aromatic heterocycles. The van der Waals surface area contributed by atoms with E-state index < -0.39 is 5.97 Å². The van der Waals surface area contributed by atoms with E-state index in [1.54, 1.807) is 29.8 Å². The summed E-state index contributed by atoms with van der Waals surface area (Å²) in [6.07, 6.45) is 5.90. The SMILES string of the molecule is CCOC(=O)c1c(SC)nn2cc(C(=O)C3CCCCO3)ccc12. The van der Waals surface area contributed by atoms with Crippen LogP contribution in [-0.2, 0) is 9.47 Å². The van der Waals surface area contributed by atoms with E-state index in [-0.39, 0.29) is 11.9 Å². The maximum atomic E-state index is 12.6. The van der Waals surface area contributed by atoms with E-state index in [1.165, 1.54) is 11.8 Å². The lowest BCUT2D eigenvalue weighted by Gasteiger charge is -2.21. The number of hydrogen-bond donors (Lipinski definition) is 0. The van der Waals surface area contributed by atoms with Crippen LogP contribution in [0.3, 0.4) is 0 Å². The van der Waals surface area contributed by atoms with Crippen molar-refractivity contribution < 1.29 is 19.1 Å². The Bertz CT molecular complexity index is 765. The number of ketones is 1. The molecule has 7 heteroatoms. The number of thioether (sulfide) groups is 1. The van der Waals surface area contributed by atoms with Crippen molar-refractivity contribution in [3.8, 4) is 0 Å². The van der Waals surface area contributed by atoms with Crippen LogP contribution in [0, 0.1) is 0 Å². The van der Waals surface area contributed by atoms with Crippen LogP contribution in [-0.4, -0.2) is 46.9 Å². The number of rotatable bonds is 5. The minimum Gasteiger partial charge on any atom is -0.462 e. The van der Waals surface area contributed by atoms with Crippen LogP contribution in [0.2, 0.25) is 0 Å².